The Hall–Kier alpha value is -5.10. The lowest BCUT2D eigenvalue weighted by atomic mass is 9.36. The molecule has 2 aliphatic rings. The van der Waals surface area contributed by atoms with Crippen molar-refractivity contribution in [2.75, 3.05) is 0 Å². The molecule has 13 rings (SSSR count). The van der Waals surface area contributed by atoms with Crippen LogP contribution in [-0.4, -0.2) is 15.5 Å². The van der Waals surface area contributed by atoms with Crippen molar-refractivity contribution in [3.8, 4) is 0 Å². The second kappa shape index (κ2) is 8.06. The Bertz CT molecular complexity index is 2990. The van der Waals surface area contributed by atoms with E-state index in [-0.39, 0.29) is 6.71 Å². The quantitative estimate of drug-likeness (QED) is 0.155. The van der Waals surface area contributed by atoms with Crippen molar-refractivity contribution in [3.63, 3.8) is 0 Å². The van der Waals surface area contributed by atoms with Crippen LogP contribution in [-0.2, 0) is 0 Å². The average molecular weight is 629 g/mol. The molecule has 4 aromatic heterocycles. The molecule has 0 aliphatic carbocycles. The molecular formula is C42H21BN2S2. The Morgan fingerprint density at radius 3 is 1.28 bits per heavy atom. The van der Waals surface area contributed by atoms with E-state index in [2.05, 4.69) is 136 Å². The molecule has 47 heavy (non-hydrogen) atoms. The normalized spacial score (nSPS) is 14.2. The zero-order valence-corrected chi connectivity index (χ0v) is 26.5. The van der Waals surface area contributed by atoms with Crippen molar-refractivity contribution >= 4 is 123 Å². The minimum atomic E-state index is 0.173. The second-order valence-electron chi connectivity index (χ2n) is 13.2. The molecule has 11 aromatic rings. The van der Waals surface area contributed by atoms with Crippen LogP contribution in [0.15, 0.2) is 147 Å². The molecule has 214 valence electrons. The summed E-state index contributed by atoms with van der Waals surface area (Å²) in [5.41, 5.74) is 12.3. The monoisotopic (exact) mass is 628 g/mol. The van der Waals surface area contributed by atoms with Gasteiger partial charge in [0.15, 0.2) is 0 Å². The molecule has 2 nitrogen and oxygen atoms in total. The van der Waals surface area contributed by atoms with Crippen LogP contribution in [0.4, 0.5) is 0 Å². The first-order valence-electron chi connectivity index (χ1n) is 16.2. The summed E-state index contributed by atoms with van der Waals surface area (Å²) < 4.78 is 5.13. The van der Waals surface area contributed by atoms with Gasteiger partial charge in [0.1, 0.15) is 0 Å². The maximum absolute atomic E-state index is 2.57. The van der Waals surface area contributed by atoms with Gasteiger partial charge in [0.05, 0.1) is 33.1 Å². The van der Waals surface area contributed by atoms with Crippen LogP contribution >= 0.6 is 23.5 Å². The van der Waals surface area contributed by atoms with Crippen LogP contribution in [0.25, 0.3) is 76.2 Å². The molecule has 0 amide bonds. The second-order valence-corrected chi connectivity index (χ2v) is 15.3. The molecule has 6 heterocycles. The maximum atomic E-state index is 2.57. The van der Waals surface area contributed by atoms with Crippen LogP contribution in [0.5, 0.6) is 0 Å². The molecule has 0 atom stereocenters. The number of benzene rings is 7. The minimum absolute atomic E-state index is 0.173. The fourth-order valence-corrected chi connectivity index (χ4v) is 12.0. The highest BCUT2D eigenvalue weighted by Crippen LogP contribution is 2.48. The standard InChI is InChI=1S/C42H21BN2S2/c1-3-14-32-22(8-1)24-10-5-12-26-28-18-20-30-41(39(28)44(32)37(24)26)46-34-16-7-17-35-36(34)43(30)31-21-19-29-27-13-6-11-25-23-9-2-4-15-33(23)45(38(25)27)40(29)42(31)47-35/h1-21H. The number of fused-ring (bicyclic) bond motifs is 18. The van der Waals surface area contributed by atoms with E-state index < -0.39 is 0 Å². The molecule has 0 N–H and O–H groups in total. The van der Waals surface area contributed by atoms with Gasteiger partial charge < -0.3 is 8.80 Å². The first-order valence-corrected chi connectivity index (χ1v) is 17.9. The van der Waals surface area contributed by atoms with E-state index in [1.54, 1.807) is 0 Å². The highest BCUT2D eigenvalue weighted by molar-refractivity contribution is 8.01. The zero-order chi connectivity index (χ0) is 30.1. The van der Waals surface area contributed by atoms with Gasteiger partial charge in [-0.25, -0.2) is 0 Å². The van der Waals surface area contributed by atoms with Crippen LogP contribution in [0.1, 0.15) is 0 Å². The number of para-hydroxylation sites is 4. The summed E-state index contributed by atoms with van der Waals surface area (Å²) in [6.07, 6.45) is 0. The van der Waals surface area contributed by atoms with E-state index in [0.717, 1.165) is 0 Å². The lowest BCUT2D eigenvalue weighted by molar-refractivity contribution is 1.29. The van der Waals surface area contributed by atoms with Gasteiger partial charge in [-0.15, -0.1) is 0 Å². The lowest BCUT2D eigenvalue weighted by Gasteiger charge is -2.33. The van der Waals surface area contributed by atoms with Gasteiger partial charge in [0.2, 0.25) is 6.71 Å². The number of nitrogens with zero attached hydrogens (tertiary/aromatic N) is 2. The maximum Gasteiger partial charge on any atom is 0.247 e. The summed E-state index contributed by atoms with van der Waals surface area (Å²) in [6, 6.07) is 48.2. The molecule has 2 aliphatic heterocycles. The number of hydrogen-bond acceptors (Lipinski definition) is 2. The molecule has 0 saturated heterocycles. The highest BCUT2D eigenvalue weighted by Gasteiger charge is 2.40. The highest BCUT2D eigenvalue weighted by atomic mass is 32.2. The largest absolute Gasteiger partial charge is 0.307 e. The molecule has 0 fully saturated rings. The van der Waals surface area contributed by atoms with E-state index in [4.69, 9.17) is 0 Å². The first kappa shape index (κ1) is 24.1. The van der Waals surface area contributed by atoms with Crippen LogP contribution in [0, 0.1) is 0 Å². The van der Waals surface area contributed by atoms with Crippen LogP contribution in [0.2, 0.25) is 0 Å². The summed E-state index contributed by atoms with van der Waals surface area (Å²) in [5, 5.41) is 10.7. The van der Waals surface area contributed by atoms with Crippen LogP contribution < -0.4 is 16.4 Å². The van der Waals surface area contributed by atoms with E-state index in [9.17, 15) is 0 Å². The summed E-state index contributed by atoms with van der Waals surface area (Å²) in [6.45, 7) is 0.173. The van der Waals surface area contributed by atoms with Gasteiger partial charge in [0.25, 0.3) is 0 Å². The summed E-state index contributed by atoms with van der Waals surface area (Å²) in [4.78, 5) is 5.55. The molecule has 0 bridgehead atoms. The van der Waals surface area contributed by atoms with E-state index in [0.29, 0.717) is 0 Å². The third-order valence-electron chi connectivity index (χ3n) is 11.1. The van der Waals surface area contributed by atoms with E-state index >= 15 is 0 Å². The van der Waals surface area contributed by atoms with Crippen molar-refractivity contribution in [3.05, 3.63) is 127 Å². The molecule has 0 unspecified atom stereocenters. The Morgan fingerprint density at radius 1 is 0.362 bits per heavy atom. The number of aromatic nitrogens is 2. The van der Waals surface area contributed by atoms with Crippen molar-refractivity contribution in [2.24, 2.45) is 0 Å². The Morgan fingerprint density at radius 2 is 0.766 bits per heavy atom. The Labute approximate surface area is 277 Å². The van der Waals surface area contributed by atoms with Gasteiger partial charge in [-0.2, -0.15) is 0 Å². The van der Waals surface area contributed by atoms with Gasteiger partial charge in [-0.1, -0.05) is 138 Å². The van der Waals surface area contributed by atoms with Crippen molar-refractivity contribution in [1.82, 2.24) is 8.80 Å². The Kier molecular flexibility index (Phi) is 4.14. The topological polar surface area (TPSA) is 8.82 Å². The predicted molar refractivity (Wildman–Crippen MR) is 202 cm³/mol. The molecular weight excluding hydrogens is 607 g/mol. The van der Waals surface area contributed by atoms with Crippen molar-refractivity contribution in [2.45, 2.75) is 19.6 Å². The zero-order valence-electron chi connectivity index (χ0n) is 24.9. The first-order chi connectivity index (χ1) is 23.3. The fraction of sp³-hybridized carbons (Fsp3) is 0. The molecule has 7 aromatic carbocycles. The number of hydrogen-bond donors (Lipinski definition) is 0. The average Bonchev–Trinajstić information content (AvgIpc) is 3.85. The Balaban J connectivity index is 1.19. The summed E-state index contributed by atoms with van der Waals surface area (Å²) >= 11 is 3.94. The molecule has 5 heteroatoms. The van der Waals surface area contributed by atoms with Crippen molar-refractivity contribution < 1.29 is 0 Å². The third-order valence-corrected chi connectivity index (χ3v) is 13.5. The van der Waals surface area contributed by atoms with Crippen molar-refractivity contribution in [1.29, 1.82) is 0 Å². The van der Waals surface area contributed by atoms with E-state index in [1.165, 1.54) is 112 Å². The lowest BCUT2D eigenvalue weighted by Crippen LogP contribution is -2.58. The third kappa shape index (κ3) is 2.65. The van der Waals surface area contributed by atoms with E-state index in [1.807, 2.05) is 23.5 Å². The summed E-state index contributed by atoms with van der Waals surface area (Å²) in [5.74, 6) is 0. The molecule has 0 saturated carbocycles. The minimum Gasteiger partial charge on any atom is -0.307 e. The smallest absolute Gasteiger partial charge is 0.247 e. The molecule has 0 spiro atoms. The number of rotatable bonds is 0. The van der Waals surface area contributed by atoms with Gasteiger partial charge in [0, 0.05) is 62.7 Å². The van der Waals surface area contributed by atoms with Gasteiger partial charge in [-0.3, -0.25) is 0 Å². The summed E-state index contributed by atoms with van der Waals surface area (Å²) in [7, 11) is 0. The van der Waals surface area contributed by atoms with Crippen LogP contribution in [0.3, 0.4) is 0 Å². The van der Waals surface area contributed by atoms with Gasteiger partial charge >= 0.3 is 0 Å². The predicted octanol–water partition coefficient (Wildman–Crippen LogP) is 9.43. The fourth-order valence-electron chi connectivity index (χ4n) is 9.34. The SMILES string of the molecule is c1cc2c3c(c1)Sc1c(ccc4c5cccc6c7ccccc7n(c14)c65)B3c1ccc3c4cccc5c6ccccc6n(c3c1S2)c54. The van der Waals surface area contributed by atoms with Gasteiger partial charge in [-0.05, 0) is 29.7 Å². The molecule has 0 radical (unpaired) electrons.